The highest BCUT2D eigenvalue weighted by Crippen LogP contribution is 2.22. The molecule has 0 spiro atoms. The van der Waals surface area contributed by atoms with E-state index in [1.807, 2.05) is 24.3 Å². The molecule has 2 rings (SSSR count). The summed E-state index contributed by atoms with van der Waals surface area (Å²) in [6, 6.07) is 7.48. The Labute approximate surface area is 118 Å². The fourth-order valence-corrected chi connectivity index (χ4v) is 2.03. The van der Waals surface area contributed by atoms with Crippen LogP contribution in [0.1, 0.15) is 6.42 Å². The van der Waals surface area contributed by atoms with E-state index in [9.17, 15) is 0 Å². The number of nitrogens with two attached hydrogens (primary N) is 1. The van der Waals surface area contributed by atoms with E-state index in [2.05, 4.69) is 10.3 Å². The average Bonchev–Trinajstić information content (AvgIpc) is 2.95. The Balaban J connectivity index is 1.92. The molecule has 0 aromatic heterocycles. The van der Waals surface area contributed by atoms with Crippen molar-refractivity contribution in [1.29, 1.82) is 0 Å². The fraction of sp³-hybridized carbons (Fsp3) is 0.500. The maximum atomic E-state index is 5.88. The van der Waals surface area contributed by atoms with E-state index in [-0.39, 0.29) is 5.60 Å². The molecule has 1 aromatic rings. The molecule has 0 radical (unpaired) electrons. The first-order valence-electron chi connectivity index (χ1n) is 6.51. The van der Waals surface area contributed by atoms with Crippen LogP contribution in [0.15, 0.2) is 29.3 Å². The highest BCUT2D eigenvalue weighted by Gasteiger charge is 2.34. The summed E-state index contributed by atoms with van der Waals surface area (Å²) in [4.78, 5) is 4.33. The van der Waals surface area contributed by atoms with Crippen LogP contribution >= 0.6 is 0 Å². The molecule has 1 saturated heterocycles. The van der Waals surface area contributed by atoms with Gasteiger partial charge in [0.2, 0.25) is 0 Å². The zero-order chi connectivity index (χ0) is 14.4. The molecule has 0 amide bonds. The molecular weight excluding hydrogens is 258 g/mol. The maximum Gasteiger partial charge on any atom is 0.193 e. The second kappa shape index (κ2) is 6.58. The molecule has 1 aliphatic rings. The third kappa shape index (κ3) is 3.61. The lowest BCUT2D eigenvalue weighted by Crippen LogP contribution is -2.37. The lowest BCUT2D eigenvalue weighted by Gasteiger charge is -2.23. The molecule has 110 valence electrons. The van der Waals surface area contributed by atoms with Crippen LogP contribution in [0.5, 0.6) is 5.75 Å². The number of aliphatic imine (C=N–C) groups is 1. The van der Waals surface area contributed by atoms with Gasteiger partial charge in [-0.3, -0.25) is 4.99 Å². The number of nitrogens with zero attached hydrogens (tertiary/aromatic N) is 1. The van der Waals surface area contributed by atoms with Gasteiger partial charge in [0.15, 0.2) is 5.96 Å². The molecule has 1 atom stereocenters. The van der Waals surface area contributed by atoms with Gasteiger partial charge < -0.3 is 25.3 Å². The van der Waals surface area contributed by atoms with Crippen LogP contribution in [0, 0.1) is 0 Å². The summed E-state index contributed by atoms with van der Waals surface area (Å²) in [7, 11) is 3.31. The number of rotatable bonds is 5. The molecule has 1 aromatic carbocycles. The molecule has 1 heterocycles. The number of nitrogens with one attached hydrogen (secondary N) is 1. The molecule has 0 bridgehead atoms. The lowest BCUT2D eigenvalue weighted by molar-refractivity contribution is -0.00900. The maximum absolute atomic E-state index is 5.88. The van der Waals surface area contributed by atoms with Gasteiger partial charge in [0.1, 0.15) is 11.4 Å². The zero-order valence-electron chi connectivity index (χ0n) is 11.9. The summed E-state index contributed by atoms with van der Waals surface area (Å²) in [6.45, 7) is 1.75. The fourth-order valence-electron chi connectivity index (χ4n) is 2.03. The zero-order valence-corrected chi connectivity index (χ0v) is 11.9. The van der Waals surface area contributed by atoms with E-state index in [0.29, 0.717) is 25.7 Å². The van der Waals surface area contributed by atoms with E-state index in [1.54, 1.807) is 14.2 Å². The molecule has 6 heteroatoms. The smallest absolute Gasteiger partial charge is 0.193 e. The topological polar surface area (TPSA) is 78.1 Å². The molecule has 0 saturated carbocycles. The summed E-state index contributed by atoms with van der Waals surface area (Å²) in [6.07, 6.45) is 0.836. The Bertz CT molecular complexity index is 453. The van der Waals surface area contributed by atoms with Crippen molar-refractivity contribution in [3.8, 4) is 5.75 Å². The Morgan fingerprint density at radius 3 is 2.70 bits per heavy atom. The van der Waals surface area contributed by atoms with Gasteiger partial charge in [0, 0.05) is 25.8 Å². The van der Waals surface area contributed by atoms with E-state index in [0.717, 1.165) is 17.9 Å². The van der Waals surface area contributed by atoms with Crippen molar-refractivity contribution in [2.45, 2.75) is 12.0 Å². The third-order valence-electron chi connectivity index (χ3n) is 3.40. The van der Waals surface area contributed by atoms with Gasteiger partial charge in [-0.25, -0.2) is 0 Å². The van der Waals surface area contributed by atoms with Crippen LogP contribution in [0.3, 0.4) is 0 Å². The van der Waals surface area contributed by atoms with Crippen molar-refractivity contribution in [2.24, 2.45) is 10.7 Å². The molecule has 20 heavy (non-hydrogen) atoms. The molecule has 1 fully saturated rings. The number of hydrogen-bond acceptors (Lipinski definition) is 4. The number of guanidine groups is 1. The lowest BCUT2D eigenvalue weighted by atomic mass is 10.0. The van der Waals surface area contributed by atoms with Gasteiger partial charge in [-0.1, -0.05) is 0 Å². The van der Waals surface area contributed by atoms with Gasteiger partial charge in [-0.2, -0.15) is 0 Å². The molecule has 0 aliphatic carbocycles. The highest BCUT2D eigenvalue weighted by molar-refractivity contribution is 5.92. The Morgan fingerprint density at radius 1 is 1.40 bits per heavy atom. The number of methoxy groups -OCH3 is 2. The van der Waals surface area contributed by atoms with Crippen LogP contribution in [0.25, 0.3) is 0 Å². The summed E-state index contributed by atoms with van der Waals surface area (Å²) < 4.78 is 16.0. The molecule has 6 nitrogen and oxygen atoms in total. The molecule has 1 unspecified atom stereocenters. The summed E-state index contributed by atoms with van der Waals surface area (Å²) in [5, 5.41) is 3.03. The largest absolute Gasteiger partial charge is 0.497 e. The minimum atomic E-state index is -0.341. The SMILES string of the molecule is COc1ccc(NC(N)=NCC2(OC)CCOC2)cc1. The Hall–Kier alpha value is -1.79. The number of ether oxygens (including phenoxy) is 3. The Kier molecular flexibility index (Phi) is 4.81. The van der Waals surface area contributed by atoms with E-state index >= 15 is 0 Å². The van der Waals surface area contributed by atoms with E-state index in [4.69, 9.17) is 19.9 Å². The summed E-state index contributed by atoms with van der Waals surface area (Å²) >= 11 is 0. The van der Waals surface area contributed by atoms with Crippen molar-refractivity contribution in [2.75, 3.05) is 39.3 Å². The van der Waals surface area contributed by atoms with Crippen LogP contribution in [0.4, 0.5) is 5.69 Å². The van der Waals surface area contributed by atoms with E-state index < -0.39 is 0 Å². The standard InChI is InChI=1S/C14H21N3O3/c1-18-12-5-3-11(4-6-12)17-13(15)16-9-14(19-2)7-8-20-10-14/h3-6H,7-10H2,1-2H3,(H3,15,16,17). The van der Waals surface area contributed by atoms with Crippen LogP contribution in [0.2, 0.25) is 0 Å². The average molecular weight is 279 g/mol. The first-order chi connectivity index (χ1) is 9.67. The van der Waals surface area contributed by atoms with Gasteiger partial charge in [0.05, 0.1) is 20.3 Å². The quantitative estimate of drug-likeness (QED) is 0.626. The van der Waals surface area contributed by atoms with E-state index in [1.165, 1.54) is 0 Å². The van der Waals surface area contributed by atoms with Gasteiger partial charge in [-0.15, -0.1) is 0 Å². The van der Waals surface area contributed by atoms with Crippen molar-refractivity contribution in [1.82, 2.24) is 0 Å². The Morgan fingerprint density at radius 2 is 2.15 bits per heavy atom. The van der Waals surface area contributed by atoms with Gasteiger partial charge in [-0.05, 0) is 24.3 Å². The van der Waals surface area contributed by atoms with Gasteiger partial charge in [0.25, 0.3) is 0 Å². The highest BCUT2D eigenvalue weighted by atomic mass is 16.5. The number of hydrogen-bond donors (Lipinski definition) is 2. The van der Waals surface area contributed by atoms with Crippen molar-refractivity contribution in [3.63, 3.8) is 0 Å². The van der Waals surface area contributed by atoms with Gasteiger partial charge >= 0.3 is 0 Å². The molecule has 1 aliphatic heterocycles. The molecule has 3 N–H and O–H groups in total. The van der Waals surface area contributed by atoms with Crippen LogP contribution in [-0.4, -0.2) is 45.5 Å². The minimum Gasteiger partial charge on any atom is -0.497 e. The second-order valence-electron chi connectivity index (χ2n) is 4.74. The summed E-state index contributed by atoms with van der Waals surface area (Å²) in [5.41, 5.74) is 6.40. The summed E-state index contributed by atoms with van der Waals surface area (Å²) in [5.74, 6) is 1.16. The van der Waals surface area contributed by atoms with Crippen LogP contribution < -0.4 is 15.8 Å². The number of benzene rings is 1. The number of anilines is 1. The normalized spacial score (nSPS) is 22.8. The predicted octanol–water partition coefficient (Wildman–Crippen LogP) is 1.23. The molecular formula is C14H21N3O3. The second-order valence-corrected chi connectivity index (χ2v) is 4.74. The third-order valence-corrected chi connectivity index (χ3v) is 3.40. The van der Waals surface area contributed by atoms with Crippen molar-refractivity contribution >= 4 is 11.6 Å². The van der Waals surface area contributed by atoms with Crippen LogP contribution in [-0.2, 0) is 9.47 Å². The van der Waals surface area contributed by atoms with Crippen molar-refractivity contribution in [3.05, 3.63) is 24.3 Å². The van der Waals surface area contributed by atoms with Crippen molar-refractivity contribution < 1.29 is 14.2 Å². The first kappa shape index (κ1) is 14.6. The first-order valence-corrected chi connectivity index (χ1v) is 6.51. The minimum absolute atomic E-state index is 0.341. The monoisotopic (exact) mass is 279 g/mol. The predicted molar refractivity (Wildman–Crippen MR) is 78.3 cm³/mol.